The van der Waals surface area contributed by atoms with Gasteiger partial charge in [0.25, 0.3) is 0 Å². The fraction of sp³-hybridized carbons (Fsp3) is 1.00. The number of unbranched alkanes of at least 4 members (excludes halogenated alkanes) is 26. The quantitative estimate of drug-likeness (QED) is 0.0792. The first-order valence-electron chi connectivity index (χ1n) is 18.3. The molecule has 0 spiro atoms. The lowest BCUT2D eigenvalue weighted by molar-refractivity contribution is 0.0727. The number of rotatable bonds is 35. The fourth-order valence-electron chi connectivity index (χ4n) is 5.76. The highest BCUT2D eigenvalue weighted by Crippen LogP contribution is 2.15. The van der Waals surface area contributed by atoms with Gasteiger partial charge < -0.3 is 14.7 Å². The minimum absolute atomic E-state index is 0.137. The molecule has 0 rings (SSSR count). The topological polar surface area (TPSA) is 32.7 Å². The number of nitrogens with zero attached hydrogens (tertiary/aromatic N) is 1. The molecule has 39 heavy (non-hydrogen) atoms. The van der Waals surface area contributed by atoms with Gasteiger partial charge in [0.15, 0.2) is 0 Å². The Balaban J connectivity index is 3.62. The van der Waals surface area contributed by atoms with E-state index in [4.69, 9.17) is 9.84 Å². The van der Waals surface area contributed by atoms with Gasteiger partial charge in [-0.2, -0.15) is 0 Å². The van der Waals surface area contributed by atoms with Crippen LogP contribution in [-0.4, -0.2) is 49.5 Å². The maximum absolute atomic E-state index is 8.98. The second-order valence-electron chi connectivity index (χ2n) is 12.4. The Labute approximate surface area is 247 Å². The Morgan fingerprint density at radius 2 is 0.641 bits per heavy atom. The molecule has 0 aliphatic carbocycles. The molecule has 3 heteroatoms. The third-order valence-electron chi connectivity index (χ3n) is 8.44. The molecule has 0 bridgehead atoms. The van der Waals surface area contributed by atoms with Gasteiger partial charge in [-0.3, -0.25) is 0 Å². The van der Waals surface area contributed by atoms with Crippen molar-refractivity contribution in [2.24, 2.45) is 0 Å². The van der Waals surface area contributed by atoms with E-state index in [1.807, 2.05) is 0 Å². The predicted molar refractivity (Wildman–Crippen MR) is 175 cm³/mol. The molecule has 0 fully saturated rings. The minimum atomic E-state index is 0.137. The fourth-order valence-corrected chi connectivity index (χ4v) is 5.76. The number of hydrogen-bond donors (Lipinski definition) is 1. The first-order chi connectivity index (χ1) is 19.3. The summed E-state index contributed by atoms with van der Waals surface area (Å²) >= 11 is 0. The second-order valence-corrected chi connectivity index (χ2v) is 12.4. The van der Waals surface area contributed by atoms with Crippen molar-refractivity contribution in [3.63, 3.8) is 0 Å². The van der Waals surface area contributed by atoms with Crippen LogP contribution >= 0.6 is 0 Å². The molecule has 3 nitrogen and oxygen atoms in total. The first kappa shape index (κ1) is 38.9. The van der Waals surface area contributed by atoms with E-state index in [1.165, 1.54) is 193 Å². The van der Waals surface area contributed by atoms with Gasteiger partial charge in [0, 0.05) is 6.54 Å². The Kier molecular flexibility index (Phi) is 35.8. The third kappa shape index (κ3) is 34.0. The summed E-state index contributed by atoms with van der Waals surface area (Å²) < 4.78 is 5.57. The molecule has 0 heterocycles. The van der Waals surface area contributed by atoms with Gasteiger partial charge in [0.2, 0.25) is 0 Å². The summed E-state index contributed by atoms with van der Waals surface area (Å²) in [7, 11) is 0. The summed E-state index contributed by atoms with van der Waals surface area (Å²) in [5, 5.41) is 8.98. The number of aliphatic hydroxyl groups excluding tert-OH is 1. The van der Waals surface area contributed by atoms with Crippen molar-refractivity contribution in [3.8, 4) is 0 Å². The standard InChI is InChI=1S/C36H75NO2/c1-3-5-7-9-11-13-15-17-19-21-23-25-27-29-31-37(33-35-39-36-34-38)32-30-28-26-24-22-20-18-16-14-12-10-8-6-4-2/h38H,3-36H2,1-2H3. The number of hydrogen-bond acceptors (Lipinski definition) is 3. The van der Waals surface area contributed by atoms with Crippen LogP contribution in [0.15, 0.2) is 0 Å². The molecule has 0 aliphatic heterocycles. The van der Waals surface area contributed by atoms with E-state index in [-0.39, 0.29) is 6.61 Å². The number of ether oxygens (including phenoxy) is 1. The smallest absolute Gasteiger partial charge is 0.0698 e. The van der Waals surface area contributed by atoms with Crippen molar-refractivity contribution in [2.45, 2.75) is 194 Å². The van der Waals surface area contributed by atoms with Gasteiger partial charge in [-0.25, -0.2) is 0 Å². The molecule has 0 aliphatic rings. The normalized spacial score (nSPS) is 11.7. The van der Waals surface area contributed by atoms with Crippen LogP contribution in [0.2, 0.25) is 0 Å². The zero-order valence-corrected chi connectivity index (χ0v) is 27.3. The van der Waals surface area contributed by atoms with E-state index in [0.717, 1.165) is 13.2 Å². The largest absolute Gasteiger partial charge is 0.394 e. The van der Waals surface area contributed by atoms with Gasteiger partial charge in [-0.15, -0.1) is 0 Å². The van der Waals surface area contributed by atoms with Crippen molar-refractivity contribution in [1.82, 2.24) is 4.90 Å². The molecule has 0 atom stereocenters. The summed E-state index contributed by atoms with van der Waals surface area (Å²) in [6, 6.07) is 0. The molecule has 0 saturated heterocycles. The zero-order valence-electron chi connectivity index (χ0n) is 27.3. The highest BCUT2D eigenvalue weighted by Gasteiger charge is 2.05. The van der Waals surface area contributed by atoms with E-state index >= 15 is 0 Å². The summed E-state index contributed by atoms with van der Waals surface area (Å²) in [5.41, 5.74) is 0. The van der Waals surface area contributed by atoms with Crippen LogP contribution in [0.1, 0.15) is 194 Å². The van der Waals surface area contributed by atoms with E-state index < -0.39 is 0 Å². The van der Waals surface area contributed by atoms with E-state index in [1.54, 1.807) is 0 Å². The number of aliphatic hydroxyl groups is 1. The average Bonchev–Trinajstić information content (AvgIpc) is 2.95. The molecule has 0 saturated carbocycles. The molecular formula is C36H75NO2. The van der Waals surface area contributed by atoms with E-state index in [2.05, 4.69) is 18.7 Å². The Morgan fingerprint density at radius 1 is 0.359 bits per heavy atom. The summed E-state index contributed by atoms with van der Waals surface area (Å²) in [5.74, 6) is 0. The first-order valence-corrected chi connectivity index (χ1v) is 18.3. The Morgan fingerprint density at radius 3 is 0.923 bits per heavy atom. The summed E-state index contributed by atoms with van der Waals surface area (Å²) in [6.07, 6.45) is 39.9. The SMILES string of the molecule is CCCCCCCCCCCCCCCCN(CCCCCCCCCCCCCCCC)CCOCCO. The van der Waals surface area contributed by atoms with Crippen molar-refractivity contribution >= 4 is 0 Å². The van der Waals surface area contributed by atoms with Crippen LogP contribution < -0.4 is 0 Å². The van der Waals surface area contributed by atoms with Gasteiger partial charge in [0.1, 0.15) is 0 Å². The molecular weight excluding hydrogens is 478 g/mol. The lowest BCUT2D eigenvalue weighted by atomic mass is 10.0. The highest BCUT2D eigenvalue weighted by atomic mass is 16.5. The molecule has 236 valence electrons. The summed E-state index contributed by atoms with van der Waals surface area (Å²) in [6.45, 7) is 9.44. The predicted octanol–water partition coefficient (Wildman–Crippen LogP) is 11.3. The van der Waals surface area contributed by atoms with Crippen LogP contribution in [0.4, 0.5) is 0 Å². The minimum Gasteiger partial charge on any atom is -0.394 e. The Bertz CT molecular complexity index is 385. The molecule has 0 aromatic heterocycles. The Hall–Kier alpha value is -0.120. The van der Waals surface area contributed by atoms with Crippen molar-refractivity contribution < 1.29 is 9.84 Å². The van der Waals surface area contributed by atoms with Crippen molar-refractivity contribution in [3.05, 3.63) is 0 Å². The van der Waals surface area contributed by atoms with Crippen molar-refractivity contribution in [1.29, 1.82) is 0 Å². The third-order valence-corrected chi connectivity index (χ3v) is 8.44. The summed E-state index contributed by atoms with van der Waals surface area (Å²) in [4.78, 5) is 2.62. The van der Waals surface area contributed by atoms with Gasteiger partial charge in [-0.1, -0.05) is 181 Å². The molecule has 0 aromatic rings. The van der Waals surface area contributed by atoms with Gasteiger partial charge >= 0.3 is 0 Å². The lowest BCUT2D eigenvalue weighted by Gasteiger charge is -2.22. The maximum atomic E-state index is 8.98. The molecule has 0 amide bonds. The van der Waals surface area contributed by atoms with E-state index in [9.17, 15) is 0 Å². The van der Waals surface area contributed by atoms with Crippen molar-refractivity contribution in [2.75, 3.05) is 39.5 Å². The van der Waals surface area contributed by atoms with Crippen LogP contribution in [0.25, 0.3) is 0 Å². The average molecular weight is 554 g/mol. The molecule has 0 aromatic carbocycles. The second kappa shape index (κ2) is 35.9. The monoisotopic (exact) mass is 554 g/mol. The lowest BCUT2D eigenvalue weighted by Crippen LogP contribution is -2.30. The van der Waals surface area contributed by atoms with Crippen LogP contribution in [0.5, 0.6) is 0 Å². The zero-order chi connectivity index (χ0) is 28.3. The highest BCUT2D eigenvalue weighted by molar-refractivity contribution is 4.60. The van der Waals surface area contributed by atoms with Gasteiger partial charge in [0.05, 0.1) is 19.8 Å². The van der Waals surface area contributed by atoms with Crippen LogP contribution in [-0.2, 0) is 4.74 Å². The van der Waals surface area contributed by atoms with Crippen LogP contribution in [0, 0.1) is 0 Å². The van der Waals surface area contributed by atoms with Gasteiger partial charge in [-0.05, 0) is 25.9 Å². The molecule has 0 unspecified atom stereocenters. The van der Waals surface area contributed by atoms with Crippen LogP contribution in [0.3, 0.4) is 0 Å². The molecule has 1 N–H and O–H groups in total. The maximum Gasteiger partial charge on any atom is 0.0698 e. The van der Waals surface area contributed by atoms with E-state index in [0.29, 0.717) is 6.61 Å². The molecule has 0 radical (unpaired) electrons.